The van der Waals surface area contributed by atoms with Crippen molar-refractivity contribution >= 4 is 11.6 Å². The Morgan fingerprint density at radius 2 is 1.95 bits per heavy atom. The van der Waals surface area contributed by atoms with Gasteiger partial charge in [-0.1, -0.05) is 6.07 Å². The van der Waals surface area contributed by atoms with Crippen molar-refractivity contribution in [3.63, 3.8) is 0 Å². The van der Waals surface area contributed by atoms with Crippen LogP contribution in [0.3, 0.4) is 0 Å². The Bertz CT molecular complexity index is 696. The van der Waals surface area contributed by atoms with E-state index in [9.17, 15) is 13.6 Å². The minimum absolute atomic E-state index is 0.167. The summed E-state index contributed by atoms with van der Waals surface area (Å²) >= 11 is 0. The number of rotatable bonds is 2. The van der Waals surface area contributed by atoms with Gasteiger partial charge in [0.15, 0.2) is 0 Å². The van der Waals surface area contributed by atoms with Gasteiger partial charge in [0.1, 0.15) is 11.6 Å². The van der Waals surface area contributed by atoms with Gasteiger partial charge >= 0.3 is 0 Å². The molecule has 6 heteroatoms. The van der Waals surface area contributed by atoms with E-state index in [1.807, 2.05) is 0 Å². The second-order valence-electron chi connectivity index (χ2n) is 4.41. The number of carbonyl (C=O) groups excluding carboxylic acids is 1. The average Bonchev–Trinajstić information content (AvgIpc) is 2.79. The Hall–Kier alpha value is -2.50. The number of hydrogen-bond acceptors (Lipinski definition) is 3. The third-order valence-electron chi connectivity index (χ3n) is 3.23. The van der Waals surface area contributed by atoms with Crippen LogP contribution in [-0.4, -0.2) is 17.9 Å². The second-order valence-corrected chi connectivity index (χ2v) is 4.41. The highest BCUT2D eigenvalue weighted by Gasteiger charge is 2.26. The van der Waals surface area contributed by atoms with Crippen LogP contribution in [0.15, 0.2) is 24.3 Å². The molecule has 1 aromatic carbocycles. The quantitative estimate of drug-likeness (QED) is 0.884. The number of aromatic nitrogens is 1. The van der Waals surface area contributed by atoms with Crippen LogP contribution in [0.4, 0.5) is 14.5 Å². The van der Waals surface area contributed by atoms with Crippen LogP contribution in [0.2, 0.25) is 0 Å². The van der Waals surface area contributed by atoms with Gasteiger partial charge in [0.05, 0.1) is 34.7 Å². The maximum absolute atomic E-state index is 13.8. The number of benzene rings is 1. The van der Waals surface area contributed by atoms with Crippen LogP contribution in [-0.2, 0) is 6.54 Å². The van der Waals surface area contributed by atoms with Crippen LogP contribution in [0.25, 0.3) is 11.3 Å². The molecule has 0 aliphatic carbocycles. The van der Waals surface area contributed by atoms with Crippen molar-refractivity contribution in [1.82, 2.24) is 10.3 Å². The topological polar surface area (TPSA) is 54.0 Å². The third kappa shape index (κ3) is 1.80. The normalized spacial score (nSPS) is 13.1. The first-order chi connectivity index (χ1) is 9.61. The first-order valence-corrected chi connectivity index (χ1v) is 6.06. The number of nitrogens with one attached hydrogen (secondary N) is 2. The fourth-order valence-electron chi connectivity index (χ4n) is 2.30. The molecule has 3 rings (SSSR count). The Balaban J connectivity index is 2.24. The molecule has 0 spiro atoms. The Kier molecular flexibility index (Phi) is 2.85. The number of hydrogen-bond donors (Lipinski definition) is 2. The van der Waals surface area contributed by atoms with E-state index in [-0.39, 0.29) is 23.7 Å². The average molecular weight is 275 g/mol. The van der Waals surface area contributed by atoms with Crippen molar-refractivity contribution in [2.75, 3.05) is 12.4 Å². The molecule has 0 unspecified atom stereocenters. The number of pyridine rings is 1. The molecule has 0 radical (unpaired) electrons. The maximum Gasteiger partial charge on any atom is 0.255 e. The molecular formula is C14H11F2N3O. The minimum atomic E-state index is -0.684. The van der Waals surface area contributed by atoms with Gasteiger partial charge in [0, 0.05) is 7.05 Å². The number of nitrogens with zero attached hydrogens (tertiary/aromatic N) is 1. The predicted molar refractivity (Wildman–Crippen MR) is 70.3 cm³/mol. The molecule has 1 aliphatic rings. The van der Waals surface area contributed by atoms with Crippen molar-refractivity contribution < 1.29 is 13.6 Å². The number of halogens is 2. The molecule has 2 aromatic rings. The predicted octanol–water partition coefficient (Wildman–Crippen LogP) is 2.31. The van der Waals surface area contributed by atoms with Gasteiger partial charge in [-0.3, -0.25) is 4.79 Å². The van der Waals surface area contributed by atoms with E-state index < -0.39 is 11.6 Å². The molecule has 2 heterocycles. The Morgan fingerprint density at radius 3 is 2.60 bits per heavy atom. The van der Waals surface area contributed by atoms with Gasteiger partial charge < -0.3 is 10.6 Å². The molecular weight excluding hydrogens is 264 g/mol. The highest BCUT2D eigenvalue weighted by molar-refractivity contribution is 6.03. The zero-order chi connectivity index (χ0) is 14.3. The Labute approximate surface area is 113 Å². The van der Waals surface area contributed by atoms with Gasteiger partial charge in [-0.25, -0.2) is 13.8 Å². The molecule has 102 valence electrons. The first kappa shape index (κ1) is 12.5. The molecule has 0 saturated carbocycles. The molecule has 0 fully saturated rings. The summed E-state index contributed by atoms with van der Waals surface area (Å²) in [7, 11) is 1.64. The third-order valence-corrected chi connectivity index (χ3v) is 3.23. The largest absolute Gasteiger partial charge is 0.387 e. The number of fused-ring (bicyclic) bond motifs is 1. The van der Waals surface area contributed by atoms with Crippen LogP contribution in [0.1, 0.15) is 16.1 Å². The molecule has 2 N–H and O–H groups in total. The molecule has 0 bridgehead atoms. The monoisotopic (exact) mass is 275 g/mol. The molecule has 1 aliphatic heterocycles. The van der Waals surface area contributed by atoms with Crippen molar-refractivity contribution in [3.05, 3.63) is 47.2 Å². The van der Waals surface area contributed by atoms with E-state index in [4.69, 9.17) is 0 Å². The lowest BCUT2D eigenvalue weighted by Crippen LogP contribution is -2.13. The molecule has 0 atom stereocenters. The number of carbonyl (C=O) groups is 1. The molecule has 20 heavy (non-hydrogen) atoms. The van der Waals surface area contributed by atoms with Crippen molar-refractivity contribution in [2.24, 2.45) is 0 Å². The summed E-state index contributed by atoms with van der Waals surface area (Å²) in [6.45, 7) is 0.257. The summed E-state index contributed by atoms with van der Waals surface area (Å²) in [4.78, 5) is 15.9. The SMILES string of the molecule is CNc1cc(-c2c(F)cccc2F)nc2c1C(=O)NC2. The lowest BCUT2D eigenvalue weighted by molar-refractivity contribution is 0.0966. The summed E-state index contributed by atoms with van der Waals surface area (Å²) in [5.74, 6) is -1.61. The summed E-state index contributed by atoms with van der Waals surface area (Å²) in [5.41, 5.74) is 1.39. The van der Waals surface area contributed by atoms with Crippen molar-refractivity contribution in [2.45, 2.75) is 6.54 Å². The van der Waals surface area contributed by atoms with E-state index in [1.165, 1.54) is 24.3 Å². The fourth-order valence-corrected chi connectivity index (χ4v) is 2.30. The van der Waals surface area contributed by atoms with E-state index >= 15 is 0 Å². The number of amides is 1. The summed E-state index contributed by atoms with van der Waals surface area (Å²) in [5, 5.41) is 5.50. The van der Waals surface area contributed by atoms with Crippen LogP contribution < -0.4 is 10.6 Å². The standard InChI is InChI=1S/C14H11F2N3O/c1-17-9-5-10(12-7(15)3-2-4-8(12)16)19-11-6-18-14(20)13(9)11/h2-5H,6H2,1H3,(H,17,19)(H,18,20). The van der Waals surface area contributed by atoms with Gasteiger partial charge in [-0.05, 0) is 18.2 Å². The van der Waals surface area contributed by atoms with Gasteiger partial charge in [0.2, 0.25) is 0 Å². The lowest BCUT2D eigenvalue weighted by atomic mass is 10.1. The smallest absolute Gasteiger partial charge is 0.255 e. The lowest BCUT2D eigenvalue weighted by Gasteiger charge is -2.10. The second kappa shape index (κ2) is 4.56. The van der Waals surface area contributed by atoms with E-state index in [0.29, 0.717) is 16.9 Å². The van der Waals surface area contributed by atoms with E-state index in [2.05, 4.69) is 15.6 Å². The molecule has 0 saturated heterocycles. The van der Waals surface area contributed by atoms with Crippen LogP contribution >= 0.6 is 0 Å². The minimum Gasteiger partial charge on any atom is -0.387 e. The van der Waals surface area contributed by atoms with Gasteiger partial charge in [-0.15, -0.1) is 0 Å². The summed E-state index contributed by atoms with van der Waals surface area (Å²) < 4.78 is 27.6. The highest BCUT2D eigenvalue weighted by Crippen LogP contribution is 2.31. The molecule has 4 nitrogen and oxygen atoms in total. The van der Waals surface area contributed by atoms with E-state index in [0.717, 1.165) is 0 Å². The summed E-state index contributed by atoms with van der Waals surface area (Å²) in [6, 6.07) is 5.13. The van der Waals surface area contributed by atoms with Gasteiger partial charge in [0.25, 0.3) is 5.91 Å². The molecule has 1 aromatic heterocycles. The zero-order valence-corrected chi connectivity index (χ0v) is 10.6. The van der Waals surface area contributed by atoms with Crippen molar-refractivity contribution in [3.8, 4) is 11.3 Å². The molecule has 1 amide bonds. The zero-order valence-electron chi connectivity index (χ0n) is 10.6. The summed E-state index contributed by atoms with van der Waals surface area (Å²) in [6.07, 6.45) is 0. The van der Waals surface area contributed by atoms with Crippen LogP contribution in [0.5, 0.6) is 0 Å². The first-order valence-electron chi connectivity index (χ1n) is 6.06. The maximum atomic E-state index is 13.8. The van der Waals surface area contributed by atoms with E-state index in [1.54, 1.807) is 7.05 Å². The fraction of sp³-hybridized carbons (Fsp3) is 0.143. The van der Waals surface area contributed by atoms with Crippen LogP contribution in [0, 0.1) is 11.6 Å². The highest BCUT2D eigenvalue weighted by atomic mass is 19.1. The number of anilines is 1. The van der Waals surface area contributed by atoms with Crippen molar-refractivity contribution in [1.29, 1.82) is 0 Å². The van der Waals surface area contributed by atoms with Gasteiger partial charge in [-0.2, -0.15) is 0 Å². The Morgan fingerprint density at radius 1 is 1.25 bits per heavy atom.